The third kappa shape index (κ3) is 3.04. The van der Waals surface area contributed by atoms with E-state index in [0.717, 1.165) is 12.1 Å². The Hall–Kier alpha value is -2.37. The Morgan fingerprint density at radius 1 is 1.35 bits per heavy atom. The highest BCUT2D eigenvalue weighted by Crippen LogP contribution is 2.17. The Balaban J connectivity index is 3.12. The molecule has 0 aliphatic carbocycles. The molecule has 0 saturated heterocycles. The molecule has 0 unspecified atom stereocenters. The number of aliphatic hydroxyl groups excluding tert-OH is 1. The minimum Gasteiger partial charge on any atom is -0.502 e. The molecule has 2 N–H and O–H groups in total. The van der Waals surface area contributed by atoms with Crippen LogP contribution in [0.3, 0.4) is 0 Å². The number of carboxylic acid groups (broad SMARTS) is 1. The molecular formula is C11H9FO5. The van der Waals surface area contributed by atoms with Gasteiger partial charge in [0.2, 0.25) is 5.76 Å². The number of carbonyl (C=O) groups excluding carboxylic acids is 1. The fourth-order valence-corrected chi connectivity index (χ4v) is 1.08. The van der Waals surface area contributed by atoms with E-state index < -0.39 is 23.3 Å². The SMILES string of the molecule is COc1ccc(F)c(C(=O)/C=C(/O)C(=O)O)c1. The third-order valence-electron chi connectivity index (χ3n) is 1.93. The maximum absolute atomic E-state index is 13.3. The lowest BCUT2D eigenvalue weighted by Crippen LogP contribution is -2.05. The van der Waals surface area contributed by atoms with Crippen LogP contribution in [0.2, 0.25) is 0 Å². The van der Waals surface area contributed by atoms with Gasteiger partial charge in [-0.15, -0.1) is 0 Å². The summed E-state index contributed by atoms with van der Waals surface area (Å²) < 4.78 is 18.1. The second kappa shape index (κ2) is 5.11. The van der Waals surface area contributed by atoms with Gasteiger partial charge in [0.15, 0.2) is 5.78 Å². The van der Waals surface area contributed by atoms with Gasteiger partial charge in [0, 0.05) is 6.08 Å². The molecule has 5 nitrogen and oxygen atoms in total. The molecule has 0 aliphatic rings. The number of hydrogen-bond donors (Lipinski definition) is 2. The minimum absolute atomic E-state index is 0.248. The zero-order chi connectivity index (χ0) is 13.0. The number of aliphatic hydroxyl groups is 1. The molecule has 0 bridgehead atoms. The summed E-state index contributed by atoms with van der Waals surface area (Å²) in [4.78, 5) is 21.7. The fourth-order valence-electron chi connectivity index (χ4n) is 1.08. The van der Waals surface area contributed by atoms with Gasteiger partial charge < -0.3 is 14.9 Å². The van der Waals surface area contributed by atoms with Crippen LogP contribution in [0, 0.1) is 5.82 Å². The molecule has 1 aromatic carbocycles. The van der Waals surface area contributed by atoms with Crippen molar-refractivity contribution < 1.29 is 28.9 Å². The van der Waals surface area contributed by atoms with Gasteiger partial charge in [-0.25, -0.2) is 9.18 Å². The monoisotopic (exact) mass is 240 g/mol. The van der Waals surface area contributed by atoms with Crippen molar-refractivity contribution in [1.82, 2.24) is 0 Å². The Kier molecular flexibility index (Phi) is 3.82. The summed E-state index contributed by atoms with van der Waals surface area (Å²) in [6.45, 7) is 0. The highest BCUT2D eigenvalue weighted by molar-refractivity contribution is 6.08. The Morgan fingerprint density at radius 3 is 2.53 bits per heavy atom. The lowest BCUT2D eigenvalue weighted by molar-refractivity contribution is -0.135. The van der Waals surface area contributed by atoms with E-state index in [1.807, 2.05) is 0 Å². The van der Waals surface area contributed by atoms with E-state index in [1.54, 1.807) is 0 Å². The molecule has 0 atom stereocenters. The van der Waals surface area contributed by atoms with Crippen molar-refractivity contribution in [3.8, 4) is 5.75 Å². The summed E-state index contributed by atoms with van der Waals surface area (Å²) in [5.74, 6) is -4.36. The number of halogens is 1. The van der Waals surface area contributed by atoms with E-state index >= 15 is 0 Å². The Labute approximate surface area is 95.8 Å². The lowest BCUT2D eigenvalue weighted by Gasteiger charge is -2.03. The summed E-state index contributed by atoms with van der Waals surface area (Å²) in [6.07, 6.45) is 0.431. The second-order valence-corrected chi connectivity index (χ2v) is 3.04. The molecule has 0 radical (unpaired) electrons. The van der Waals surface area contributed by atoms with Gasteiger partial charge in [0.05, 0.1) is 12.7 Å². The van der Waals surface area contributed by atoms with E-state index in [9.17, 15) is 14.0 Å². The van der Waals surface area contributed by atoms with Crippen LogP contribution in [-0.2, 0) is 4.79 Å². The second-order valence-electron chi connectivity index (χ2n) is 3.04. The van der Waals surface area contributed by atoms with Crippen molar-refractivity contribution in [2.24, 2.45) is 0 Å². The largest absolute Gasteiger partial charge is 0.502 e. The van der Waals surface area contributed by atoms with Crippen LogP contribution in [0.5, 0.6) is 5.75 Å². The maximum atomic E-state index is 13.3. The molecule has 17 heavy (non-hydrogen) atoms. The molecule has 0 spiro atoms. The van der Waals surface area contributed by atoms with Crippen LogP contribution in [0.1, 0.15) is 10.4 Å². The zero-order valence-electron chi connectivity index (χ0n) is 8.81. The van der Waals surface area contributed by atoms with Crippen molar-refractivity contribution in [3.05, 3.63) is 41.4 Å². The first kappa shape index (κ1) is 12.7. The lowest BCUT2D eigenvalue weighted by atomic mass is 10.1. The summed E-state index contributed by atoms with van der Waals surface area (Å²) in [6, 6.07) is 3.44. The predicted molar refractivity (Wildman–Crippen MR) is 55.6 cm³/mol. The number of carboxylic acids is 1. The normalized spacial score (nSPS) is 11.1. The first-order chi connectivity index (χ1) is 7.95. The number of rotatable bonds is 4. The average Bonchev–Trinajstić information content (AvgIpc) is 2.29. The van der Waals surface area contributed by atoms with Crippen molar-refractivity contribution in [2.45, 2.75) is 0 Å². The molecule has 0 amide bonds. The Morgan fingerprint density at radius 2 is 2.00 bits per heavy atom. The van der Waals surface area contributed by atoms with E-state index in [2.05, 4.69) is 0 Å². The van der Waals surface area contributed by atoms with Crippen molar-refractivity contribution in [1.29, 1.82) is 0 Å². The van der Waals surface area contributed by atoms with Gasteiger partial charge in [0.25, 0.3) is 0 Å². The number of aliphatic carboxylic acids is 1. The van der Waals surface area contributed by atoms with Crippen molar-refractivity contribution in [2.75, 3.05) is 7.11 Å². The van der Waals surface area contributed by atoms with Crippen LogP contribution < -0.4 is 4.74 Å². The number of ketones is 1. The molecule has 0 aromatic heterocycles. The van der Waals surface area contributed by atoms with E-state index in [1.165, 1.54) is 13.2 Å². The molecule has 0 aliphatic heterocycles. The highest BCUT2D eigenvalue weighted by Gasteiger charge is 2.14. The third-order valence-corrected chi connectivity index (χ3v) is 1.93. The molecule has 6 heteroatoms. The predicted octanol–water partition coefficient (Wildman–Crippen LogP) is 1.54. The first-order valence-corrected chi connectivity index (χ1v) is 4.47. The molecule has 1 rings (SSSR count). The summed E-state index contributed by atoms with van der Waals surface area (Å²) >= 11 is 0. The smallest absolute Gasteiger partial charge is 0.371 e. The topological polar surface area (TPSA) is 83.8 Å². The van der Waals surface area contributed by atoms with Crippen LogP contribution in [0.25, 0.3) is 0 Å². The van der Waals surface area contributed by atoms with Crippen LogP contribution in [0.15, 0.2) is 30.0 Å². The minimum atomic E-state index is -1.67. The van der Waals surface area contributed by atoms with E-state index in [0.29, 0.717) is 6.08 Å². The molecule has 0 heterocycles. The maximum Gasteiger partial charge on any atom is 0.371 e. The van der Waals surface area contributed by atoms with Crippen molar-refractivity contribution in [3.63, 3.8) is 0 Å². The zero-order valence-corrected chi connectivity index (χ0v) is 8.81. The molecule has 90 valence electrons. The van der Waals surface area contributed by atoms with Gasteiger partial charge in [-0.1, -0.05) is 0 Å². The fraction of sp³-hybridized carbons (Fsp3) is 0.0909. The first-order valence-electron chi connectivity index (χ1n) is 4.47. The molecule has 0 fully saturated rings. The molecular weight excluding hydrogens is 231 g/mol. The molecule has 1 aromatic rings. The van der Waals surface area contributed by atoms with Gasteiger partial charge in [-0.05, 0) is 18.2 Å². The summed E-state index contributed by atoms with van der Waals surface area (Å²) in [5.41, 5.74) is -0.378. The highest BCUT2D eigenvalue weighted by atomic mass is 19.1. The van der Waals surface area contributed by atoms with Crippen LogP contribution >= 0.6 is 0 Å². The quantitative estimate of drug-likeness (QED) is 0.474. The number of benzene rings is 1. The average molecular weight is 240 g/mol. The van der Waals surface area contributed by atoms with Gasteiger partial charge >= 0.3 is 5.97 Å². The Bertz CT molecular complexity index is 493. The number of carbonyl (C=O) groups is 2. The van der Waals surface area contributed by atoms with Gasteiger partial charge in [0.1, 0.15) is 11.6 Å². The van der Waals surface area contributed by atoms with Crippen LogP contribution in [-0.4, -0.2) is 29.1 Å². The number of ether oxygens (including phenoxy) is 1. The standard InChI is InChI=1S/C11H9FO5/c1-17-6-2-3-8(12)7(4-6)9(13)5-10(14)11(15)16/h2-5,14H,1H3,(H,15,16)/b10-5+. The van der Waals surface area contributed by atoms with Gasteiger partial charge in [-0.2, -0.15) is 0 Å². The van der Waals surface area contributed by atoms with Crippen LogP contribution in [0.4, 0.5) is 4.39 Å². The summed E-state index contributed by atoms with van der Waals surface area (Å²) in [5, 5.41) is 17.2. The van der Waals surface area contributed by atoms with E-state index in [-0.39, 0.29) is 11.3 Å². The van der Waals surface area contributed by atoms with E-state index in [4.69, 9.17) is 14.9 Å². The summed E-state index contributed by atoms with van der Waals surface area (Å²) in [7, 11) is 1.34. The van der Waals surface area contributed by atoms with Crippen molar-refractivity contribution >= 4 is 11.8 Å². The number of methoxy groups -OCH3 is 1. The number of allylic oxidation sites excluding steroid dienone is 1. The number of hydrogen-bond acceptors (Lipinski definition) is 4. The van der Waals surface area contributed by atoms with Gasteiger partial charge in [-0.3, -0.25) is 4.79 Å². The molecule has 0 saturated carbocycles.